The molecule has 8 aromatic carbocycles. The van der Waals surface area contributed by atoms with Crippen molar-refractivity contribution in [2.24, 2.45) is 0 Å². The van der Waals surface area contributed by atoms with Crippen molar-refractivity contribution in [3.05, 3.63) is 226 Å². The zero-order valence-electron chi connectivity index (χ0n) is 31.7. The molecule has 0 saturated carbocycles. The lowest BCUT2D eigenvalue weighted by Gasteiger charge is -2.34. The molecule has 8 aromatic rings. The van der Waals surface area contributed by atoms with Crippen LogP contribution in [0.3, 0.4) is 0 Å². The summed E-state index contributed by atoms with van der Waals surface area (Å²) in [4.78, 5) is 0. The normalized spacial score (nSPS) is 11.9. The Hall–Kier alpha value is -8.32. The zero-order valence-corrected chi connectivity index (χ0v) is 31.7. The molecule has 0 amide bonds. The molecular formula is C53H36N2O4. The Balaban J connectivity index is 1.23. The Kier molecular flexibility index (Phi) is 9.43. The van der Waals surface area contributed by atoms with E-state index in [-0.39, 0.29) is 22.9 Å². The molecule has 6 N–H and O–H groups in total. The second-order valence-electron chi connectivity index (χ2n) is 14.2. The first-order valence-corrected chi connectivity index (χ1v) is 19.0. The molecule has 282 valence electrons. The van der Waals surface area contributed by atoms with E-state index in [0.717, 1.165) is 55.6 Å². The lowest BCUT2D eigenvalue weighted by Crippen LogP contribution is -2.28. The first-order chi connectivity index (χ1) is 28.8. The van der Waals surface area contributed by atoms with Gasteiger partial charge in [0.05, 0.1) is 16.8 Å². The van der Waals surface area contributed by atoms with Gasteiger partial charge in [-0.25, -0.2) is 0 Å². The topological polar surface area (TPSA) is 111 Å². The number of aromatic hydroxyl groups is 2. The van der Waals surface area contributed by atoms with Crippen LogP contribution in [-0.2, 0) is 5.41 Å². The molecule has 1 aliphatic rings. The summed E-state index contributed by atoms with van der Waals surface area (Å²) in [5, 5.41) is 20.5. The Morgan fingerprint density at radius 3 is 1.14 bits per heavy atom. The number of nitrogens with two attached hydrogens (primary N) is 2. The van der Waals surface area contributed by atoms with Gasteiger partial charge in [0.15, 0.2) is 0 Å². The predicted molar refractivity (Wildman–Crippen MR) is 234 cm³/mol. The van der Waals surface area contributed by atoms with Gasteiger partial charge < -0.3 is 31.2 Å². The number of benzene rings is 8. The molecule has 6 heteroatoms. The highest BCUT2D eigenvalue weighted by molar-refractivity contribution is 5.87. The predicted octanol–water partition coefficient (Wildman–Crippen LogP) is 11.0. The summed E-state index contributed by atoms with van der Waals surface area (Å²) < 4.78 is 12.4. The van der Waals surface area contributed by atoms with E-state index in [1.165, 1.54) is 12.1 Å². The maximum atomic E-state index is 10.2. The number of fused-ring (bicyclic) bond motifs is 3. The molecule has 6 nitrogen and oxygen atoms in total. The molecule has 0 aromatic heterocycles. The summed E-state index contributed by atoms with van der Waals surface area (Å²) >= 11 is 0. The molecule has 0 saturated heterocycles. The number of anilines is 2. The molecule has 0 heterocycles. The van der Waals surface area contributed by atoms with E-state index >= 15 is 0 Å². The van der Waals surface area contributed by atoms with Gasteiger partial charge in [0, 0.05) is 34.4 Å². The van der Waals surface area contributed by atoms with Crippen molar-refractivity contribution < 1.29 is 19.7 Å². The van der Waals surface area contributed by atoms with E-state index in [1.54, 1.807) is 24.3 Å². The maximum Gasteiger partial charge on any atom is 0.142 e. The van der Waals surface area contributed by atoms with Gasteiger partial charge in [0.2, 0.25) is 0 Å². The molecule has 0 radical (unpaired) electrons. The minimum absolute atomic E-state index is 0.0461. The van der Waals surface area contributed by atoms with E-state index in [9.17, 15) is 10.2 Å². The monoisotopic (exact) mass is 764 g/mol. The van der Waals surface area contributed by atoms with Gasteiger partial charge >= 0.3 is 0 Å². The van der Waals surface area contributed by atoms with E-state index in [0.29, 0.717) is 23.0 Å². The van der Waals surface area contributed by atoms with Crippen LogP contribution in [0.25, 0.3) is 11.1 Å². The highest BCUT2D eigenvalue weighted by atomic mass is 16.5. The largest absolute Gasteiger partial charge is 0.506 e. The van der Waals surface area contributed by atoms with Gasteiger partial charge in [0.1, 0.15) is 34.5 Å². The summed E-state index contributed by atoms with van der Waals surface area (Å²) in [6.45, 7) is 0. The summed E-state index contributed by atoms with van der Waals surface area (Å²) in [5.74, 6) is 15.6. The van der Waals surface area contributed by atoms with Crippen LogP contribution < -0.4 is 20.9 Å². The average molecular weight is 765 g/mol. The minimum atomic E-state index is -0.838. The van der Waals surface area contributed by atoms with Crippen LogP contribution in [-0.4, -0.2) is 10.2 Å². The van der Waals surface area contributed by atoms with Crippen molar-refractivity contribution in [2.75, 3.05) is 11.5 Å². The van der Waals surface area contributed by atoms with E-state index in [4.69, 9.17) is 20.9 Å². The van der Waals surface area contributed by atoms with Gasteiger partial charge in [-0.15, -0.1) is 0 Å². The number of nitrogen functional groups attached to an aromatic ring is 2. The van der Waals surface area contributed by atoms with E-state index in [2.05, 4.69) is 84.3 Å². The third-order valence-electron chi connectivity index (χ3n) is 10.4. The summed E-state index contributed by atoms with van der Waals surface area (Å²) in [5.41, 5.74) is 21.3. The smallest absolute Gasteiger partial charge is 0.142 e. The lowest BCUT2D eigenvalue weighted by molar-refractivity contribution is 0.456. The second-order valence-corrected chi connectivity index (χ2v) is 14.2. The van der Waals surface area contributed by atoms with E-state index < -0.39 is 5.41 Å². The summed E-state index contributed by atoms with van der Waals surface area (Å²) in [7, 11) is 0. The highest BCUT2D eigenvalue weighted by Crippen LogP contribution is 2.57. The molecule has 9 rings (SSSR count). The highest BCUT2D eigenvalue weighted by Gasteiger charge is 2.46. The molecule has 0 spiro atoms. The van der Waals surface area contributed by atoms with Gasteiger partial charge in [0.25, 0.3) is 0 Å². The molecule has 1 aliphatic carbocycles. The molecule has 0 aliphatic heterocycles. The number of hydrogen-bond acceptors (Lipinski definition) is 6. The Morgan fingerprint density at radius 1 is 0.373 bits per heavy atom. The minimum Gasteiger partial charge on any atom is -0.506 e. The van der Waals surface area contributed by atoms with Crippen molar-refractivity contribution >= 4 is 11.4 Å². The zero-order chi connectivity index (χ0) is 40.3. The molecule has 0 unspecified atom stereocenters. The quantitative estimate of drug-likeness (QED) is 0.0762. The lowest BCUT2D eigenvalue weighted by atomic mass is 9.67. The summed E-state index contributed by atoms with van der Waals surface area (Å²) in [6, 6.07) is 58.5. The van der Waals surface area contributed by atoms with Gasteiger partial charge in [-0.1, -0.05) is 96.5 Å². The van der Waals surface area contributed by atoms with Crippen LogP contribution >= 0.6 is 0 Å². The van der Waals surface area contributed by atoms with Crippen LogP contribution in [0.2, 0.25) is 0 Å². The fourth-order valence-electron chi connectivity index (χ4n) is 7.59. The molecule has 0 fully saturated rings. The second kappa shape index (κ2) is 15.3. The van der Waals surface area contributed by atoms with Gasteiger partial charge in [-0.2, -0.15) is 0 Å². The third-order valence-corrected chi connectivity index (χ3v) is 10.4. The third kappa shape index (κ3) is 7.15. The fraction of sp³-hybridized carbons (Fsp3) is 0.0189. The van der Waals surface area contributed by atoms with Crippen LogP contribution in [0.5, 0.6) is 34.5 Å². The molecule has 0 atom stereocenters. The van der Waals surface area contributed by atoms with Crippen molar-refractivity contribution in [1.29, 1.82) is 0 Å². The van der Waals surface area contributed by atoms with Crippen molar-refractivity contribution in [1.82, 2.24) is 0 Å². The number of phenolic OH excluding ortho intramolecular Hbond substituents is 2. The molecule has 0 bridgehead atoms. The number of ether oxygens (including phenoxy) is 2. The SMILES string of the molecule is Nc1ccc(Oc2ccc(C3(c4ccc(Oc5ccc(N)c(O)c5)cc4)c4cc(C#Cc5ccccc5)ccc4-c4ccc(C#Cc5ccccc5)cc43)cc2)cc1O. The number of phenols is 2. The standard InChI is InChI=1S/C53H36N2O4/c54-49-29-25-43(33-51(49)56)58-41-21-17-39(18-22-41)53(40-19-23-42(24-20-40)59-44-26-30-50(55)52(57)34-44)47-31-37(13-11-35-7-3-1-4-8-35)15-27-45(47)46-28-16-38(32-48(46)53)14-12-36-9-5-2-6-10-36/h1-10,15-34,56-57H,54-55H2. The van der Waals surface area contributed by atoms with Crippen LogP contribution in [0.15, 0.2) is 182 Å². The number of hydrogen-bond donors (Lipinski definition) is 4. The first kappa shape index (κ1) is 36.3. The van der Waals surface area contributed by atoms with Crippen molar-refractivity contribution in [3.8, 4) is 69.3 Å². The van der Waals surface area contributed by atoms with Crippen LogP contribution in [0.1, 0.15) is 44.5 Å². The Bertz CT molecular complexity index is 2770. The van der Waals surface area contributed by atoms with Gasteiger partial charge in [-0.05, 0) is 130 Å². The average Bonchev–Trinajstić information content (AvgIpc) is 3.55. The Morgan fingerprint density at radius 2 is 0.746 bits per heavy atom. The van der Waals surface area contributed by atoms with Crippen molar-refractivity contribution in [2.45, 2.75) is 5.41 Å². The van der Waals surface area contributed by atoms with E-state index in [1.807, 2.05) is 84.9 Å². The van der Waals surface area contributed by atoms with Crippen molar-refractivity contribution in [3.63, 3.8) is 0 Å². The van der Waals surface area contributed by atoms with Gasteiger partial charge in [-0.3, -0.25) is 0 Å². The number of rotatable bonds is 6. The molecular weight excluding hydrogens is 729 g/mol. The molecule has 59 heavy (non-hydrogen) atoms. The Labute approximate surface area is 342 Å². The van der Waals surface area contributed by atoms with Crippen LogP contribution in [0.4, 0.5) is 11.4 Å². The fourth-order valence-corrected chi connectivity index (χ4v) is 7.59. The first-order valence-electron chi connectivity index (χ1n) is 19.0. The van der Waals surface area contributed by atoms with Crippen LogP contribution in [0, 0.1) is 23.7 Å². The maximum absolute atomic E-state index is 10.2. The summed E-state index contributed by atoms with van der Waals surface area (Å²) in [6.07, 6.45) is 0.